The van der Waals surface area contributed by atoms with Gasteiger partial charge in [0.2, 0.25) is 0 Å². The van der Waals surface area contributed by atoms with Crippen LogP contribution >= 0.6 is 0 Å². The molecule has 0 aromatic rings. The van der Waals surface area contributed by atoms with Gasteiger partial charge in [-0.25, -0.2) is 4.18 Å². The molecular formula is C41H72O18S. The first-order valence-electron chi connectivity index (χ1n) is 21.7. The van der Waals surface area contributed by atoms with Crippen LogP contribution in [0.3, 0.4) is 0 Å². The Kier molecular flexibility index (Phi) is 15.2. The maximum absolute atomic E-state index is 12.8. The highest BCUT2D eigenvalue weighted by atomic mass is 32.3. The molecule has 0 radical (unpaired) electrons. The van der Waals surface area contributed by atoms with Gasteiger partial charge in [0.05, 0.1) is 49.8 Å². The molecule has 2 aliphatic heterocycles. The summed E-state index contributed by atoms with van der Waals surface area (Å²) in [6.45, 7) is 9.81. The molecule has 0 spiro atoms. The molecule has 4 saturated carbocycles. The molecule has 2 saturated heterocycles. The van der Waals surface area contributed by atoms with E-state index in [0.29, 0.717) is 25.7 Å². The molecular weight excluding hydrogens is 813 g/mol. The van der Waals surface area contributed by atoms with Crippen LogP contribution in [-0.4, -0.2) is 173 Å². The van der Waals surface area contributed by atoms with Gasteiger partial charge >= 0.3 is 10.4 Å². The van der Waals surface area contributed by atoms with Crippen molar-refractivity contribution in [1.29, 1.82) is 0 Å². The van der Waals surface area contributed by atoms with E-state index in [1.807, 2.05) is 13.8 Å². The summed E-state index contributed by atoms with van der Waals surface area (Å²) in [5, 5.41) is 88.4. The molecule has 6 aliphatic rings. The summed E-state index contributed by atoms with van der Waals surface area (Å²) in [7, 11) is -2.16. The van der Waals surface area contributed by atoms with E-state index in [1.54, 1.807) is 0 Å². The lowest BCUT2D eigenvalue weighted by molar-refractivity contribution is -0.310. The van der Waals surface area contributed by atoms with Crippen LogP contribution in [0.4, 0.5) is 0 Å². The maximum Gasteiger partial charge on any atom is 0.397 e. The fourth-order valence-electron chi connectivity index (χ4n) is 13.0. The summed E-state index contributed by atoms with van der Waals surface area (Å²) in [5.41, 5.74) is -2.92. The number of ether oxygens (including phenoxy) is 6. The smallest absolute Gasteiger partial charge is 0.394 e. The van der Waals surface area contributed by atoms with Crippen molar-refractivity contribution < 1.29 is 86.4 Å². The van der Waals surface area contributed by atoms with Crippen molar-refractivity contribution in [2.45, 2.75) is 171 Å². The highest BCUT2D eigenvalue weighted by molar-refractivity contribution is 7.80. The van der Waals surface area contributed by atoms with Crippen LogP contribution in [0, 0.1) is 52.3 Å². The SMILES string of the molecule is COC1COC(OC2C(OCC(C)C(C)CCC(C)C3CC(O)C4C3(C)CCC3C5(C)CCC(O)C(O)C5C(OS(=O)(=O)O)CC34O)OC(C(O)CO)C2O)C(OC)C1O. The molecule has 2 heterocycles. The van der Waals surface area contributed by atoms with Crippen LogP contribution < -0.4 is 0 Å². The molecule has 19 heteroatoms. The van der Waals surface area contributed by atoms with E-state index in [1.165, 1.54) is 14.2 Å². The Balaban J connectivity index is 1.10. The zero-order valence-electron chi connectivity index (χ0n) is 35.9. The van der Waals surface area contributed by atoms with Crippen LogP contribution in [0.5, 0.6) is 0 Å². The van der Waals surface area contributed by atoms with Crippen LogP contribution in [-0.2, 0) is 43.0 Å². The Labute approximate surface area is 353 Å². The topological polar surface area (TPSA) is 281 Å². The zero-order chi connectivity index (χ0) is 44.3. The number of hydrogen-bond donors (Lipinski definition) is 9. The van der Waals surface area contributed by atoms with Crippen molar-refractivity contribution in [2.75, 3.05) is 34.0 Å². The fourth-order valence-corrected chi connectivity index (χ4v) is 13.5. The van der Waals surface area contributed by atoms with E-state index >= 15 is 0 Å². The Morgan fingerprint density at radius 2 is 1.52 bits per heavy atom. The van der Waals surface area contributed by atoms with Crippen molar-refractivity contribution in [2.24, 2.45) is 52.3 Å². The van der Waals surface area contributed by atoms with Gasteiger partial charge < -0.3 is 69.3 Å². The Morgan fingerprint density at radius 3 is 2.15 bits per heavy atom. The van der Waals surface area contributed by atoms with Crippen molar-refractivity contribution in [1.82, 2.24) is 0 Å². The van der Waals surface area contributed by atoms with Gasteiger partial charge in [0.25, 0.3) is 0 Å². The summed E-state index contributed by atoms with van der Waals surface area (Å²) >= 11 is 0. The molecule has 0 amide bonds. The monoisotopic (exact) mass is 884 g/mol. The molecule has 0 bridgehead atoms. The Morgan fingerprint density at radius 1 is 0.833 bits per heavy atom. The van der Waals surface area contributed by atoms with E-state index in [2.05, 4.69) is 20.8 Å². The lowest BCUT2D eigenvalue weighted by atomic mass is 9.41. The van der Waals surface area contributed by atoms with Gasteiger partial charge in [-0.05, 0) is 72.5 Å². The number of rotatable bonds is 16. The molecule has 6 rings (SSSR count). The summed E-state index contributed by atoms with van der Waals surface area (Å²) in [6.07, 6.45) is -11.1. The first-order chi connectivity index (χ1) is 28.1. The Hall–Kier alpha value is -0.690. The molecule has 23 unspecified atom stereocenters. The predicted octanol–water partition coefficient (Wildman–Crippen LogP) is 0.137. The van der Waals surface area contributed by atoms with Crippen molar-refractivity contribution in [3.05, 3.63) is 0 Å². The molecule has 60 heavy (non-hydrogen) atoms. The minimum absolute atomic E-state index is 0.00279. The van der Waals surface area contributed by atoms with Gasteiger partial charge in [0, 0.05) is 32.5 Å². The maximum atomic E-state index is 12.8. The average Bonchev–Trinajstić information content (AvgIpc) is 3.64. The fraction of sp³-hybridized carbons (Fsp3) is 1.00. The van der Waals surface area contributed by atoms with E-state index in [9.17, 15) is 53.8 Å². The molecule has 4 aliphatic carbocycles. The van der Waals surface area contributed by atoms with Crippen LogP contribution in [0.15, 0.2) is 0 Å². The van der Waals surface area contributed by atoms with Gasteiger partial charge in [0.1, 0.15) is 42.7 Å². The molecule has 23 atom stereocenters. The van der Waals surface area contributed by atoms with Gasteiger partial charge in [0.15, 0.2) is 12.6 Å². The van der Waals surface area contributed by atoms with Crippen LogP contribution in [0.2, 0.25) is 0 Å². The second-order valence-corrected chi connectivity index (χ2v) is 20.7. The quantitative estimate of drug-likeness (QED) is 0.0932. The van der Waals surface area contributed by atoms with Gasteiger partial charge in [-0.1, -0.05) is 47.5 Å². The van der Waals surface area contributed by atoms with Crippen molar-refractivity contribution in [3.63, 3.8) is 0 Å². The predicted molar refractivity (Wildman–Crippen MR) is 210 cm³/mol. The molecule has 9 N–H and O–H groups in total. The average molecular weight is 885 g/mol. The number of aliphatic hydroxyl groups excluding tert-OH is 7. The van der Waals surface area contributed by atoms with Gasteiger partial charge in [-0.15, -0.1) is 0 Å². The normalized spacial score (nSPS) is 49.1. The largest absolute Gasteiger partial charge is 0.397 e. The Bertz CT molecular complexity index is 1540. The minimum Gasteiger partial charge on any atom is -0.394 e. The van der Waals surface area contributed by atoms with Crippen LogP contribution in [0.25, 0.3) is 0 Å². The highest BCUT2D eigenvalue weighted by Crippen LogP contribution is 2.70. The molecule has 350 valence electrons. The van der Waals surface area contributed by atoms with E-state index in [0.717, 1.165) is 12.8 Å². The third kappa shape index (κ3) is 8.97. The highest BCUT2D eigenvalue weighted by Gasteiger charge is 2.72. The van der Waals surface area contributed by atoms with Crippen LogP contribution in [0.1, 0.15) is 86.0 Å². The van der Waals surface area contributed by atoms with Gasteiger partial charge in [-0.2, -0.15) is 8.42 Å². The lowest BCUT2D eigenvalue weighted by Gasteiger charge is -2.66. The molecule has 0 aromatic heterocycles. The third-order valence-electron chi connectivity index (χ3n) is 16.4. The van der Waals surface area contributed by atoms with E-state index in [-0.39, 0.29) is 49.7 Å². The number of aliphatic hydroxyl groups is 8. The summed E-state index contributed by atoms with van der Waals surface area (Å²) in [4.78, 5) is 0. The minimum atomic E-state index is -4.98. The first-order valence-corrected chi connectivity index (χ1v) is 23.1. The molecule has 0 aromatic carbocycles. The number of fused-ring (bicyclic) bond motifs is 5. The molecule has 18 nitrogen and oxygen atoms in total. The lowest BCUT2D eigenvalue weighted by Crippen LogP contribution is -2.71. The number of methoxy groups -OCH3 is 2. The van der Waals surface area contributed by atoms with Crippen molar-refractivity contribution in [3.8, 4) is 0 Å². The number of hydrogen-bond acceptors (Lipinski definition) is 17. The third-order valence-corrected chi connectivity index (χ3v) is 16.8. The van der Waals surface area contributed by atoms with E-state index < -0.39 is 131 Å². The standard InChI is InChI=1S/C41H72O18S/c1-19(21(3)17-55-38-35(32(48)33(57-38)25(45)16-42)58-37-34(54-7)31(47)27(53-6)18-56-37)8-9-20(2)22-14-24(44)36-39(22,4)13-11-28-40(5)12-10-23(43)30(46)29(40)26(15-41(28,36)49)59-60(50,51)52/h19-38,42-49H,8-18H2,1-7H3,(H,50,51,52). The zero-order valence-corrected chi connectivity index (χ0v) is 36.7. The van der Waals surface area contributed by atoms with Crippen molar-refractivity contribution >= 4 is 10.4 Å². The summed E-state index contributed by atoms with van der Waals surface area (Å²) in [6, 6.07) is 0. The molecule has 6 fully saturated rings. The van der Waals surface area contributed by atoms with Gasteiger partial charge in [-0.3, -0.25) is 4.55 Å². The summed E-state index contributed by atoms with van der Waals surface area (Å²) in [5.74, 6) is -1.64. The first kappa shape index (κ1) is 48.8. The van der Waals surface area contributed by atoms with E-state index in [4.69, 9.17) is 32.6 Å². The second-order valence-electron chi connectivity index (χ2n) is 19.7. The summed E-state index contributed by atoms with van der Waals surface area (Å²) < 4.78 is 73.9. The second kappa shape index (κ2) is 18.7.